The molecule has 1 aromatic carbocycles. The average molecular weight is 382 g/mol. The quantitative estimate of drug-likeness (QED) is 0.524. The van der Waals surface area contributed by atoms with Crippen molar-refractivity contribution in [2.45, 2.75) is 25.9 Å². The molecule has 0 spiro atoms. The van der Waals surface area contributed by atoms with E-state index in [-0.39, 0.29) is 17.2 Å². The molecule has 0 aliphatic carbocycles. The molecule has 0 bridgehead atoms. The molecule has 0 aliphatic rings. The minimum Gasteiger partial charge on any atom is -0.355 e. The molecular weight excluding hydrogens is 360 g/mol. The SMILES string of the molecule is Cc1ccnc(-n2c(SCC(=O)NCC(C)C)nc3ccccc3c2=O)c1. The van der Waals surface area contributed by atoms with E-state index >= 15 is 0 Å². The standard InChI is InChI=1S/C20H22N4O2S/c1-13(2)11-22-18(25)12-27-20-23-16-7-5-4-6-15(16)19(26)24(20)17-10-14(3)8-9-21-17/h4-10,13H,11-12H2,1-3H3,(H,22,25). The lowest BCUT2D eigenvalue weighted by molar-refractivity contribution is -0.118. The summed E-state index contributed by atoms with van der Waals surface area (Å²) in [5, 5.41) is 3.86. The highest BCUT2D eigenvalue weighted by atomic mass is 32.2. The zero-order valence-corrected chi connectivity index (χ0v) is 16.4. The minimum absolute atomic E-state index is 0.0835. The van der Waals surface area contributed by atoms with E-state index in [4.69, 9.17) is 0 Å². The highest BCUT2D eigenvalue weighted by molar-refractivity contribution is 7.99. The first-order chi connectivity index (χ1) is 13.0. The van der Waals surface area contributed by atoms with E-state index in [1.165, 1.54) is 16.3 Å². The Labute approximate surface area is 162 Å². The summed E-state index contributed by atoms with van der Waals surface area (Å²) in [6, 6.07) is 10.9. The van der Waals surface area contributed by atoms with Crippen LogP contribution in [0.25, 0.3) is 16.7 Å². The molecule has 3 rings (SSSR count). The van der Waals surface area contributed by atoms with Crippen molar-refractivity contribution >= 4 is 28.6 Å². The first-order valence-electron chi connectivity index (χ1n) is 8.80. The molecule has 0 atom stereocenters. The van der Waals surface area contributed by atoms with E-state index in [0.29, 0.717) is 34.3 Å². The summed E-state index contributed by atoms with van der Waals surface area (Å²) in [7, 11) is 0. The van der Waals surface area contributed by atoms with Crippen molar-refractivity contribution in [3.8, 4) is 5.82 Å². The number of carbonyl (C=O) groups excluding carboxylic acids is 1. The molecule has 6 nitrogen and oxygen atoms in total. The Bertz CT molecular complexity index is 1030. The number of carbonyl (C=O) groups is 1. The van der Waals surface area contributed by atoms with Gasteiger partial charge in [-0.1, -0.05) is 37.7 Å². The van der Waals surface area contributed by atoms with Crippen molar-refractivity contribution in [3.63, 3.8) is 0 Å². The Balaban J connectivity index is 2.01. The first kappa shape index (κ1) is 19.1. The molecule has 7 heteroatoms. The Morgan fingerprint density at radius 1 is 1.26 bits per heavy atom. The van der Waals surface area contributed by atoms with Crippen LogP contribution in [0.1, 0.15) is 19.4 Å². The number of amides is 1. The molecule has 0 aliphatic heterocycles. The summed E-state index contributed by atoms with van der Waals surface area (Å²) in [4.78, 5) is 34.1. The molecule has 140 valence electrons. The summed E-state index contributed by atoms with van der Waals surface area (Å²) in [6.45, 7) is 6.65. The number of hydrogen-bond acceptors (Lipinski definition) is 5. The van der Waals surface area contributed by atoms with E-state index in [9.17, 15) is 9.59 Å². The summed E-state index contributed by atoms with van der Waals surface area (Å²) in [5.74, 6) is 0.985. The second-order valence-corrected chi connectivity index (χ2v) is 7.67. The number of pyridine rings is 1. The number of thioether (sulfide) groups is 1. The van der Waals surface area contributed by atoms with Crippen LogP contribution in [0.2, 0.25) is 0 Å². The number of hydrogen-bond donors (Lipinski definition) is 1. The fraction of sp³-hybridized carbons (Fsp3) is 0.300. The third-order valence-electron chi connectivity index (χ3n) is 3.91. The van der Waals surface area contributed by atoms with Crippen molar-refractivity contribution < 1.29 is 4.79 Å². The number of nitrogens with zero attached hydrogens (tertiary/aromatic N) is 3. The van der Waals surface area contributed by atoms with Crippen molar-refractivity contribution in [2.75, 3.05) is 12.3 Å². The predicted octanol–water partition coefficient (Wildman–Crippen LogP) is 2.95. The molecule has 27 heavy (non-hydrogen) atoms. The lowest BCUT2D eigenvalue weighted by Gasteiger charge is -2.13. The Hall–Kier alpha value is -2.67. The number of aryl methyl sites for hydroxylation is 1. The molecule has 0 radical (unpaired) electrons. The Kier molecular flexibility index (Phi) is 5.91. The predicted molar refractivity (Wildman–Crippen MR) is 108 cm³/mol. The number of benzene rings is 1. The van der Waals surface area contributed by atoms with Crippen molar-refractivity contribution in [2.24, 2.45) is 5.92 Å². The summed E-state index contributed by atoms with van der Waals surface area (Å²) in [5.41, 5.74) is 1.41. The van der Waals surface area contributed by atoms with E-state index < -0.39 is 0 Å². The molecule has 1 N–H and O–H groups in total. The van der Waals surface area contributed by atoms with Crippen LogP contribution in [-0.2, 0) is 4.79 Å². The van der Waals surface area contributed by atoms with E-state index in [0.717, 1.165) is 5.56 Å². The average Bonchev–Trinajstić information content (AvgIpc) is 2.64. The highest BCUT2D eigenvalue weighted by Gasteiger charge is 2.15. The largest absolute Gasteiger partial charge is 0.355 e. The van der Waals surface area contributed by atoms with Crippen LogP contribution in [0, 0.1) is 12.8 Å². The molecular formula is C20H22N4O2S. The Morgan fingerprint density at radius 3 is 2.78 bits per heavy atom. The summed E-state index contributed by atoms with van der Waals surface area (Å²) < 4.78 is 1.48. The summed E-state index contributed by atoms with van der Waals surface area (Å²) >= 11 is 1.24. The van der Waals surface area contributed by atoms with Crippen LogP contribution in [-0.4, -0.2) is 32.7 Å². The van der Waals surface area contributed by atoms with Crippen LogP contribution in [0.4, 0.5) is 0 Å². The highest BCUT2D eigenvalue weighted by Crippen LogP contribution is 2.20. The monoisotopic (exact) mass is 382 g/mol. The molecule has 0 saturated carbocycles. The lowest BCUT2D eigenvalue weighted by atomic mass is 10.2. The maximum absolute atomic E-state index is 13.1. The van der Waals surface area contributed by atoms with Gasteiger partial charge in [0, 0.05) is 12.7 Å². The topological polar surface area (TPSA) is 76.9 Å². The van der Waals surface area contributed by atoms with Gasteiger partial charge < -0.3 is 5.32 Å². The minimum atomic E-state index is -0.191. The molecule has 0 saturated heterocycles. The second-order valence-electron chi connectivity index (χ2n) is 6.73. The van der Waals surface area contributed by atoms with E-state index in [1.807, 2.05) is 45.0 Å². The molecule has 0 fully saturated rings. The molecule has 0 unspecified atom stereocenters. The van der Waals surface area contributed by atoms with Gasteiger partial charge in [-0.25, -0.2) is 14.5 Å². The zero-order chi connectivity index (χ0) is 19.4. The molecule has 1 amide bonds. The smallest absolute Gasteiger partial charge is 0.267 e. The van der Waals surface area contributed by atoms with Gasteiger partial charge >= 0.3 is 0 Å². The zero-order valence-electron chi connectivity index (χ0n) is 15.6. The van der Waals surface area contributed by atoms with Crippen molar-refractivity contribution in [1.29, 1.82) is 0 Å². The Morgan fingerprint density at radius 2 is 2.04 bits per heavy atom. The van der Waals surface area contributed by atoms with Gasteiger partial charge in [0.05, 0.1) is 16.7 Å². The van der Waals surface area contributed by atoms with Gasteiger partial charge in [0.2, 0.25) is 5.91 Å². The van der Waals surface area contributed by atoms with Crippen molar-refractivity contribution in [1.82, 2.24) is 19.9 Å². The van der Waals surface area contributed by atoms with Gasteiger partial charge in [0.1, 0.15) is 5.82 Å². The molecule has 2 heterocycles. The van der Waals surface area contributed by atoms with Crippen LogP contribution >= 0.6 is 11.8 Å². The number of fused-ring (bicyclic) bond motifs is 1. The van der Waals surface area contributed by atoms with Crippen molar-refractivity contribution in [3.05, 3.63) is 58.5 Å². The second kappa shape index (κ2) is 8.35. The van der Waals surface area contributed by atoms with Crippen LogP contribution in [0.3, 0.4) is 0 Å². The fourth-order valence-electron chi connectivity index (χ4n) is 2.55. The fourth-order valence-corrected chi connectivity index (χ4v) is 3.38. The normalized spacial score (nSPS) is 11.1. The number of aromatic nitrogens is 3. The van der Waals surface area contributed by atoms with Gasteiger partial charge in [-0.15, -0.1) is 0 Å². The van der Waals surface area contributed by atoms with Gasteiger partial charge in [0.25, 0.3) is 5.56 Å². The van der Waals surface area contributed by atoms with Gasteiger partial charge in [-0.3, -0.25) is 9.59 Å². The number of nitrogens with one attached hydrogen (secondary N) is 1. The van der Waals surface area contributed by atoms with E-state index in [2.05, 4.69) is 15.3 Å². The third-order valence-corrected chi connectivity index (χ3v) is 4.85. The maximum Gasteiger partial charge on any atom is 0.267 e. The van der Waals surface area contributed by atoms with Crippen LogP contribution in [0.15, 0.2) is 52.5 Å². The number of rotatable bonds is 6. The summed E-state index contributed by atoms with van der Waals surface area (Å²) in [6.07, 6.45) is 1.66. The number of para-hydroxylation sites is 1. The van der Waals surface area contributed by atoms with Gasteiger partial charge in [-0.05, 0) is 42.7 Å². The first-order valence-corrected chi connectivity index (χ1v) is 9.78. The lowest BCUT2D eigenvalue weighted by Crippen LogP contribution is -2.29. The molecule has 2 aromatic heterocycles. The third kappa shape index (κ3) is 4.54. The van der Waals surface area contributed by atoms with E-state index in [1.54, 1.807) is 18.3 Å². The van der Waals surface area contributed by atoms with Crippen LogP contribution < -0.4 is 10.9 Å². The maximum atomic E-state index is 13.1. The van der Waals surface area contributed by atoms with Gasteiger partial charge in [0.15, 0.2) is 5.16 Å². The van der Waals surface area contributed by atoms with Gasteiger partial charge in [-0.2, -0.15) is 0 Å². The molecule has 3 aromatic rings. The van der Waals surface area contributed by atoms with Crippen LogP contribution in [0.5, 0.6) is 0 Å².